The van der Waals surface area contributed by atoms with Gasteiger partial charge in [-0.15, -0.1) is 0 Å². The van der Waals surface area contributed by atoms with Crippen molar-refractivity contribution < 1.29 is 9.84 Å². The number of likely N-dealkylation sites (tertiary alicyclic amines) is 1. The monoisotopic (exact) mass is 448 g/mol. The van der Waals surface area contributed by atoms with Crippen molar-refractivity contribution in [1.29, 1.82) is 5.26 Å². The molecule has 0 saturated carbocycles. The number of aliphatic hydroxyl groups excluding tert-OH is 1. The molecule has 1 fully saturated rings. The van der Waals surface area contributed by atoms with E-state index in [4.69, 9.17) is 10.5 Å². The predicted molar refractivity (Wildman–Crippen MR) is 128 cm³/mol. The summed E-state index contributed by atoms with van der Waals surface area (Å²) in [5.41, 5.74) is 9.58. The van der Waals surface area contributed by atoms with Crippen molar-refractivity contribution in [1.82, 2.24) is 19.4 Å². The summed E-state index contributed by atoms with van der Waals surface area (Å²) in [6.45, 7) is 6.16. The van der Waals surface area contributed by atoms with Gasteiger partial charge in [-0.3, -0.25) is 4.90 Å². The number of rotatable bonds is 10. The Morgan fingerprint density at radius 2 is 1.82 bits per heavy atom. The Morgan fingerprint density at radius 3 is 2.48 bits per heavy atom. The number of aromatic nitrogens is 3. The zero-order valence-electron chi connectivity index (χ0n) is 19.2. The van der Waals surface area contributed by atoms with Crippen LogP contribution < -0.4 is 10.5 Å². The summed E-state index contributed by atoms with van der Waals surface area (Å²) in [6, 6.07) is 12.7. The molecule has 174 valence electrons. The second kappa shape index (κ2) is 10.6. The van der Waals surface area contributed by atoms with Gasteiger partial charge >= 0.3 is 6.01 Å². The number of fused-ring (bicyclic) bond motifs is 1. The van der Waals surface area contributed by atoms with Crippen LogP contribution in [0.15, 0.2) is 30.3 Å². The van der Waals surface area contributed by atoms with Crippen LogP contribution in [0.4, 0.5) is 5.82 Å². The molecule has 0 bridgehead atoms. The average molecular weight is 449 g/mol. The van der Waals surface area contributed by atoms with Gasteiger partial charge in [0.15, 0.2) is 5.65 Å². The second-order valence-corrected chi connectivity index (χ2v) is 8.74. The topological polar surface area (TPSA) is 113 Å². The van der Waals surface area contributed by atoms with Gasteiger partial charge in [-0.2, -0.15) is 15.2 Å². The number of nitrogen functional groups attached to an aromatic ring is 1. The first kappa shape index (κ1) is 23.0. The highest BCUT2D eigenvalue weighted by Crippen LogP contribution is 2.26. The van der Waals surface area contributed by atoms with Gasteiger partial charge in [0.25, 0.3) is 0 Å². The Kier molecular flexibility index (Phi) is 7.43. The van der Waals surface area contributed by atoms with E-state index < -0.39 is 6.10 Å². The summed E-state index contributed by atoms with van der Waals surface area (Å²) in [5.74, 6) is 0.278. The zero-order chi connectivity index (χ0) is 23.2. The highest BCUT2D eigenvalue weighted by atomic mass is 16.5. The van der Waals surface area contributed by atoms with Crippen molar-refractivity contribution in [3.63, 3.8) is 0 Å². The van der Waals surface area contributed by atoms with Crippen molar-refractivity contribution >= 4 is 16.9 Å². The molecule has 8 heteroatoms. The number of nitrogens with zero attached hydrogens (tertiary/aromatic N) is 5. The highest BCUT2D eigenvalue weighted by molar-refractivity contribution is 5.88. The summed E-state index contributed by atoms with van der Waals surface area (Å²) in [5, 5.41) is 20.2. The summed E-state index contributed by atoms with van der Waals surface area (Å²) < 4.78 is 7.52. The molecule has 4 rings (SSSR count). The summed E-state index contributed by atoms with van der Waals surface area (Å²) in [6.07, 6.45) is 4.32. The molecule has 2 aromatic heterocycles. The molecule has 1 aliphatic heterocycles. The van der Waals surface area contributed by atoms with E-state index in [0.29, 0.717) is 36.3 Å². The lowest BCUT2D eigenvalue weighted by atomic mass is 10.1. The molecule has 3 N–H and O–H groups in total. The summed E-state index contributed by atoms with van der Waals surface area (Å²) >= 11 is 0. The lowest BCUT2D eigenvalue weighted by Crippen LogP contribution is -2.18. The molecule has 1 saturated heterocycles. The Labute approximate surface area is 194 Å². The number of anilines is 1. The van der Waals surface area contributed by atoms with Crippen molar-refractivity contribution in [2.75, 3.05) is 25.4 Å². The maximum atomic E-state index is 9.91. The van der Waals surface area contributed by atoms with Crippen LogP contribution in [-0.2, 0) is 13.1 Å². The Hall–Kier alpha value is -3.15. The highest BCUT2D eigenvalue weighted by Gasteiger charge is 2.17. The van der Waals surface area contributed by atoms with E-state index in [-0.39, 0.29) is 11.8 Å². The molecule has 1 atom stereocenters. The van der Waals surface area contributed by atoms with Crippen molar-refractivity contribution in [2.45, 2.75) is 58.2 Å². The van der Waals surface area contributed by atoms with Gasteiger partial charge in [-0.05, 0) is 49.5 Å². The van der Waals surface area contributed by atoms with Crippen LogP contribution in [0.25, 0.3) is 11.0 Å². The van der Waals surface area contributed by atoms with Gasteiger partial charge in [-0.25, -0.2) is 0 Å². The standard InChI is InChI=1S/C25H32N6O2/c1-2-5-21(32)10-13-33-25-28-23(27)22-14-20(15-26)31(24(22)29-25)17-19-8-6-18(7-9-19)16-30-11-3-4-12-30/h6-9,14,21,32H,2-5,10-13,16-17H2,1H3,(H2,27,28,29)/t21-/m0/s1. The van der Waals surface area contributed by atoms with Gasteiger partial charge in [0.1, 0.15) is 17.6 Å². The number of hydrogen-bond acceptors (Lipinski definition) is 7. The van der Waals surface area contributed by atoms with Crippen LogP contribution in [0.2, 0.25) is 0 Å². The van der Waals surface area contributed by atoms with E-state index in [2.05, 4.69) is 45.2 Å². The SMILES string of the molecule is CCC[C@H](O)CCOc1nc(N)c2cc(C#N)n(Cc3ccc(CN4CCCC4)cc3)c2n1. The maximum absolute atomic E-state index is 9.91. The van der Waals surface area contributed by atoms with Crippen LogP contribution in [0, 0.1) is 11.3 Å². The Balaban J connectivity index is 1.52. The molecule has 3 heterocycles. The number of nitriles is 1. The quantitative estimate of drug-likeness (QED) is 0.488. The molecule has 1 aromatic carbocycles. The van der Waals surface area contributed by atoms with Gasteiger partial charge in [0.05, 0.1) is 24.6 Å². The van der Waals surface area contributed by atoms with Crippen molar-refractivity contribution in [3.05, 3.63) is 47.2 Å². The molecular formula is C25H32N6O2. The molecule has 0 amide bonds. The molecule has 1 aliphatic rings. The molecule has 0 aliphatic carbocycles. The fourth-order valence-corrected chi connectivity index (χ4v) is 4.34. The van der Waals surface area contributed by atoms with E-state index in [1.54, 1.807) is 6.07 Å². The first-order chi connectivity index (χ1) is 16.1. The minimum atomic E-state index is -0.404. The third-order valence-corrected chi connectivity index (χ3v) is 6.15. The Bertz CT molecular complexity index is 1110. The van der Waals surface area contributed by atoms with Crippen LogP contribution in [0.5, 0.6) is 6.01 Å². The first-order valence-corrected chi connectivity index (χ1v) is 11.7. The van der Waals surface area contributed by atoms with Gasteiger partial charge in [-0.1, -0.05) is 37.6 Å². The molecule has 0 spiro atoms. The zero-order valence-corrected chi connectivity index (χ0v) is 19.2. The van der Waals surface area contributed by atoms with Gasteiger partial charge < -0.3 is 20.1 Å². The number of hydrogen-bond donors (Lipinski definition) is 2. The van der Waals surface area contributed by atoms with Gasteiger partial charge in [0.2, 0.25) is 0 Å². The summed E-state index contributed by atoms with van der Waals surface area (Å²) in [4.78, 5) is 11.3. The average Bonchev–Trinajstić information content (AvgIpc) is 3.44. The fourth-order valence-electron chi connectivity index (χ4n) is 4.34. The first-order valence-electron chi connectivity index (χ1n) is 11.7. The largest absolute Gasteiger partial charge is 0.463 e. The number of ether oxygens (including phenoxy) is 1. The Morgan fingerprint density at radius 1 is 1.12 bits per heavy atom. The minimum Gasteiger partial charge on any atom is -0.463 e. The second-order valence-electron chi connectivity index (χ2n) is 8.74. The smallest absolute Gasteiger partial charge is 0.320 e. The molecule has 33 heavy (non-hydrogen) atoms. The maximum Gasteiger partial charge on any atom is 0.320 e. The number of nitrogens with two attached hydrogens (primary N) is 1. The van der Waals surface area contributed by atoms with E-state index in [1.807, 2.05) is 11.5 Å². The third kappa shape index (κ3) is 5.62. The molecular weight excluding hydrogens is 416 g/mol. The lowest BCUT2D eigenvalue weighted by molar-refractivity contribution is 0.127. The molecule has 3 aromatic rings. The van der Waals surface area contributed by atoms with Crippen LogP contribution in [-0.4, -0.2) is 50.3 Å². The number of benzene rings is 1. The van der Waals surface area contributed by atoms with Crippen LogP contribution in [0.3, 0.4) is 0 Å². The molecule has 8 nitrogen and oxygen atoms in total. The lowest BCUT2D eigenvalue weighted by Gasteiger charge is -2.15. The fraction of sp³-hybridized carbons (Fsp3) is 0.480. The third-order valence-electron chi connectivity index (χ3n) is 6.15. The molecule has 0 unspecified atom stereocenters. The van der Waals surface area contributed by atoms with E-state index in [1.165, 1.54) is 31.5 Å². The van der Waals surface area contributed by atoms with E-state index in [9.17, 15) is 10.4 Å². The van der Waals surface area contributed by atoms with Crippen LogP contribution in [0.1, 0.15) is 55.8 Å². The van der Waals surface area contributed by atoms with Crippen LogP contribution >= 0.6 is 0 Å². The predicted octanol–water partition coefficient (Wildman–Crippen LogP) is 3.46. The number of aliphatic hydroxyl groups is 1. The minimum absolute atomic E-state index is 0.161. The normalized spacial score (nSPS) is 15.1. The van der Waals surface area contributed by atoms with E-state index >= 15 is 0 Å². The van der Waals surface area contributed by atoms with Crippen molar-refractivity contribution in [3.8, 4) is 12.1 Å². The van der Waals surface area contributed by atoms with Gasteiger partial charge in [0, 0.05) is 13.0 Å². The molecule has 0 radical (unpaired) electrons. The van der Waals surface area contributed by atoms with E-state index in [0.717, 1.165) is 24.9 Å². The summed E-state index contributed by atoms with van der Waals surface area (Å²) in [7, 11) is 0. The van der Waals surface area contributed by atoms with Crippen molar-refractivity contribution in [2.24, 2.45) is 0 Å².